The van der Waals surface area contributed by atoms with Gasteiger partial charge in [-0.1, -0.05) is 39.7 Å². The van der Waals surface area contributed by atoms with Crippen LogP contribution < -0.4 is 4.90 Å². The molecule has 0 aliphatic rings. The summed E-state index contributed by atoms with van der Waals surface area (Å²) in [6, 6.07) is 12.0. The van der Waals surface area contributed by atoms with Gasteiger partial charge in [0.25, 0.3) is 0 Å². The molecule has 1 heterocycles. The molecule has 0 spiro atoms. The van der Waals surface area contributed by atoms with Crippen molar-refractivity contribution in [3.8, 4) is 0 Å². The molecule has 1 aromatic heterocycles. The Labute approximate surface area is 127 Å². The molecule has 0 N–H and O–H groups in total. The Morgan fingerprint density at radius 3 is 2.74 bits per heavy atom. The zero-order chi connectivity index (χ0) is 13.7. The lowest BCUT2D eigenvalue weighted by molar-refractivity contribution is 0.849. The third-order valence-corrected chi connectivity index (χ3v) is 3.98. The van der Waals surface area contributed by atoms with Gasteiger partial charge in [0.05, 0.1) is 0 Å². The average molecular weight is 340 g/mol. The maximum Gasteiger partial charge on any atom is 0.0467 e. The van der Waals surface area contributed by atoms with E-state index in [2.05, 4.69) is 45.0 Å². The number of pyridine rings is 1. The zero-order valence-corrected chi connectivity index (χ0v) is 13.2. The predicted molar refractivity (Wildman–Crippen MR) is 85.3 cm³/mol. The maximum absolute atomic E-state index is 6.22. The molecule has 0 atom stereocenters. The van der Waals surface area contributed by atoms with Gasteiger partial charge in [0.2, 0.25) is 0 Å². The maximum atomic E-state index is 6.22. The van der Waals surface area contributed by atoms with Gasteiger partial charge in [0, 0.05) is 53.5 Å². The smallest absolute Gasteiger partial charge is 0.0467 e. The molecule has 19 heavy (non-hydrogen) atoms. The number of anilines is 1. The van der Waals surface area contributed by atoms with Crippen LogP contribution in [0.15, 0.2) is 42.6 Å². The summed E-state index contributed by atoms with van der Waals surface area (Å²) in [5.41, 5.74) is 3.41. The van der Waals surface area contributed by atoms with Gasteiger partial charge >= 0.3 is 0 Å². The summed E-state index contributed by atoms with van der Waals surface area (Å²) < 4.78 is 0. The largest absolute Gasteiger partial charge is 0.374 e. The molecule has 0 amide bonds. The molecule has 0 radical (unpaired) electrons. The number of hydrogen-bond acceptors (Lipinski definition) is 2. The highest BCUT2D eigenvalue weighted by Crippen LogP contribution is 2.28. The number of aromatic nitrogens is 1. The van der Waals surface area contributed by atoms with E-state index < -0.39 is 0 Å². The summed E-state index contributed by atoms with van der Waals surface area (Å²) in [5.74, 6) is 0. The highest BCUT2D eigenvalue weighted by Gasteiger charge is 2.09. The van der Waals surface area contributed by atoms with Crippen molar-refractivity contribution in [3.05, 3.63) is 58.9 Å². The van der Waals surface area contributed by atoms with Gasteiger partial charge in [-0.3, -0.25) is 4.98 Å². The molecular formula is C15H16BrClN2. The molecule has 4 heteroatoms. The van der Waals surface area contributed by atoms with Crippen LogP contribution in [0.5, 0.6) is 0 Å². The minimum absolute atomic E-state index is 0.760. The Kier molecular flexibility index (Phi) is 5.23. The van der Waals surface area contributed by atoms with Crippen LogP contribution in [0.3, 0.4) is 0 Å². The average Bonchev–Trinajstić information content (AvgIpc) is 2.45. The number of rotatable bonds is 5. The van der Waals surface area contributed by atoms with E-state index in [1.54, 1.807) is 0 Å². The number of alkyl halides is 1. The third-order valence-electron chi connectivity index (χ3n) is 3.07. The number of halogens is 2. The Morgan fingerprint density at radius 2 is 2.05 bits per heavy atom. The molecule has 0 fully saturated rings. The molecule has 0 saturated heterocycles. The molecular weight excluding hydrogens is 324 g/mol. The number of nitrogens with zero attached hydrogens (tertiary/aromatic N) is 2. The SMILES string of the molecule is CN(CCc1ccccn1)c1cccc(Cl)c1CBr. The first-order valence-electron chi connectivity index (χ1n) is 6.16. The van der Waals surface area contributed by atoms with Crippen molar-refractivity contribution in [1.29, 1.82) is 0 Å². The van der Waals surface area contributed by atoms with E-state index >= 15 is 0 Å². The topological polar surface area (TPSA) is 16.1 Å². The lowest BCUT2D eigenvalue weighted by Gasteiger charge is -2.22. The number of likely N-dealkylation sites (N-methyl/N-ethyl adjacent to an activating group) is 1. The number of hydrogen-bond donors (Lipinski definition) is 0. The van der Waals surface area contributed by atoms with Gasteiger partial charge in [-0.2, -0.15) is 0 Å². The van der Waals surface area contributed by atoms with Crippen molar-refractivity contribution in [2.24, 2.45) is 0 Å². The molecule has 100 valence electrons. The minimum atomic E-state index is 0.760. The predicted octanol–water partition coefficient (Wildman–Crippen LogP) is 4.31. The molecule has 0 aliphatic carbocycles. The van der Waals surface area contributed by atoms with Crippen LogP contribution in [-0.2, 0) is 11.8 Å². The Bertz CT molecular complexity index is 531. The second-order valence-corrected chi connectivity index (χ2v) is 5.33. The lowest BCUT2D eigenvalue weighted by atomic mass is 10.1. The lowest BCUT2D eigenvalue weighted by Crippen LogP contribution is -2.21. The second kappa shape index (κ2) is 6.92. The molecule has 0 aliphatic heterocycles. The summed E-state index contributed by atoms with van der Waals surface area (Å²) in [4.78, 5) is 6.56. The monoisotopic (exact) mass is 338 g/mol. The standard InChI is InChI=1S/C15H16BrClN2/c1-19(10-8-12-5-2-3-9-18-12)15-7-4-6-14(17)13(15)11-16/h2-7,9H,8,10-11H2,1H3. The van der Waals surface area contributed by atoms with Crippen LogP contribution in [0, 0.1) is 0 Å². The first kappa shape index (κ1) is 14.4. The number of benzene rings is 1. The fourth-order valence-electron chi connectivity index (χ4n) is 1.99. The van der Waals surface area contributed by atoms with Gasteiger partial charge in [0.1, 0.15) is 0 Å². The summed E-state index contributed by atoms with van der Waals surface area (Å²) >= 11 is 9.72. The zero-order valence-electron chi connectivity index (χ0n) is 10.8. The van der Waals surface area contributed by atoms with Crippen LogP contribution in [0.25, 0.3) is 0 Å². The molecule has 2 rings (SSSR count). The molecule has 2 nitrogen and oxygen atoms in total. The fourth-order valence-corrected chi connectivity index (χ4v) is 2.97. The van der Waals surface area contributed by atoms with E-state index in [0.717, 1.165) is 34.6 Å². The molecule has 1 aromatic carbocycles. The van der Waals surface area contributed by atoms with Gasteiger partial charge in [-0.25, -0.2) is 0 Å². The van der Waals surface area contributed by atoms with Crippen LogP contribution >= 0.6 is 27.5 Å². The van der Waals surface area contributed by atoms with Crippen molar-refractivity contribution >= 4 is 33.2 Å². The minimum Gasteiger partial charge on any atom is -0.374 e. The van der Waals surface area contributed by atoms with E-state index in [9.17, 15) is 0 Å². The van der Waals surface area contributed by atoms with Crippen molar-refractivity contribution in [3.63, 3.8) is 0 Å². The van der Waals surface area contributed by atoms with Crippen molar-refractivity contribution in [2.75, 3.05) is 18.5 Å². The van der Waals surface area contributed by atoms with E-state index in [1.807, 2.05) is 30.5 Å². The van der Waals surface area contributed by atoms with Crippen LogP contribution in [0.4, 0.5) is 5.69 Å². The summed E-state index contributed by atoms with van der Waals surface area (Å²) in [5, 5.41) is 1.56. The first-order valence-corrected chi connectivity index (χ1v) is 7.66. The highest BCUT2D eigenvalue weighted by atomic mass is 79.9. The highest BCUT2D eigenvalue weighted by molar-refractivity contribution is 9.08. The Balaban J connectivity index is 2.08. The Morgan fingerprint density at radius 1 is 1.21 bits per heavy atom. The van der Waals surface area contributed by atoms with Gasteiger partial charge < -0.3 is 4.90 Å². The Hall–Kier alpha value is -1.06. The normalized spacial score (nSPS) is 10.5. The summed E-state index contributed by atoms with van der Waals surface area (Å²) in [7, 11) is 2.08. The summed E-state index contributed by atoms with van der Waals surface area (Å²) in [6.07, 6.45) is 2.75. The fraction of sp³-hybridized carbons (Fsp3) is 0.267. The van der Waals surface area contributed by atoms with Crippen molar-refractivity contribution in [2.45, 2.75) is 11.8 Å². The quantitative estimate of drug-likeness (QED) is 0.755. The van der Waals surface area contributed by atoms with E-state index in [4.69, 9.17) is 11.6 Å². The summed E-state index contributed by atoms with van der Waals surface area (Å²) in [6.45, 7) is 0.914. The molecule has 2 aromatic rings. The van der Waals surface area contributed by atoms with Gasteiger partial charge in [-0.15, -0.1) is 0 Å². The first-order chi connectivity index (χ1) is 9.22. The third kappa shape index (κ3) is 3.71. The van der Waals surface area contributed by atoms with Crippen molar-refractivity contribution in [1.82, 2.24) is 4.98 Å². The van der Waals surface area contributed by atoms with Gasteiger partial charge in [0.15, 0.2) is 0 Å². The van der Waals surface area contributed by atoms with Crippen LogP contribution in [0.1, 0.15) is 11.3 Å². The van der Waals surface area contributed by atoms with E-state index in [-0.39, 0.29) is 0 Å². The van der Waals surface area contributed by atoms with Crippen molar-refractivity contribution < 1.29 is 0 Å². The molecule has 0 unspecified atom stereocenters. The van der Waals surface area contributed by atoms with E-state index in [1.165, 1.54) is 5.69 Å². The van der Waals surface area contributed by atoms with Crippen LogP contribution in [0.2, 0.25) is 5.02 Å². The van der Waals surface area contributed by atoms with Crippen LogP contribution in [-0.4, -0.2) is 18.6 Å². The molecule has 0 saturated carbocycles. The van der Waals surface area contributed by atoms with Gasteiger partial charge in [-0.05, 0) is 24.3 Å². The second-order valence-electron chi connectivity index (χ2n) is 4.36. The van der Waals surface area contributed by atoms with E-state index in [0.29, 0.717) is 0 Å². The molecule has 0 bridgehead atoms.